The third kappa shape index (κ3) is 4.16. The third-order valence-electron chi connectivity index (χ3n) is 3.84. The van der Waals surface area contributed by atoms with Crippen LogP contribution in [-0.2, 0) is 0 Å². The Morgan fingerprint density at radius 1 is 1.32 bits per heavy atom. The zero-order chi connectivity index (χ0) is 13.7. The summed E-state index contributed by atoms with van der Waals surface area (Å²) in [6.45, 7) is 0.899. The summed E-state index contributed by atoms with van der Waals surface area (Å²) in [5, 5.41) is 3.27. The first-order chi connectivity index (χ1) is 9.16. The summed E-state index contributed by atoms with van der Waals surface area (Å²) < 4.78 is 13.7. The molecule has 0 saturated heterocycles. The predicted octanol–water partition coefficient (Wildman–Crippen LogP) is 3.84. The zero-order valence-electron chi connectivity index (χ0n) is 11.1. The summed E-state index contributed by atoms with van der Waals surface area (Å²) >= 11 is 4.78. The van der Waals surface area contributed by atoms with Crippen LogP contribution in [0, 0.1) is 11.7 Å². The molecule has 104 valence electrons. The van der Waals surface area contributed by atoms with Crippen molar-refractivity contribution in [1.29, 1.82) is 0 Å². The first-order valence-electron chi connectivity index (χ1n) is 7.00. The van der Waals surface area contributed by atoms with Gasteiger partial charge in [-0.3, -0.25) is 0 Å². The number of nitrogens with one attached hydrogen (secondary N) is 1. The van der Waals surface area contributed by atoms with Crippen molar-refractivity contribution in [2.45, 2.75) is 38.5 Å². The highest BCUT2D eigenvalue weighted by atomic mass is 32.1. The molecule has 0 aliphatic heterocycles. The molecular weight excluding hydrogens is 259 g/mol. The summed E-state index contributed by atoms with van der Waals surface area (Å²) in [6, 6.07) is 4.94. The van der Waals surface area contributed by atoms with Crippen LogP contribution >= 0.6 is 12.2 Å². The number of benzene rings is 1. The molecule has 0 bridgehead atoms. The van der Waals surface area contributed by atoms with Gasteiger partial charge in [-0.05, 0) is 30.5 Å². The van der Waals surface area contributed by atoms with Crippen molar-refractivity contribution < 1.29 is 4.39 Å². The summed E-state index contributed by atoms with van der Waals surface area (Å²) in [5.74, 6) is 0.483. The van der Waals surface area contributed by atoms with Crippen molar-refractivity contribution in [3.8, 4) is 0 Å². The van der Waals surface area contributed by atoms with Crippen molar-refractivity contribution in [2.24, 2.45) is 11.7 Å². The molecule has 3 N–H and O–H groups in total. The molecule has 1 aromatic carbocycles. The van der Waals surface area contributed by atoms with Gasteiger partial charge in [0.2, 0.25) is 0 Å². The van der Waals surface area contributed by atoms with Crippen LogP contribution in [0.15, 0.2) is 18.2 Å². The minimum atomic E-state index is -0.352. The summed E-state index contributed by atoms with van der Waals surface area (Å²) in [4.78, 5) is 0.103. The van der Waals surface area contributed by atoms with E-state index < -0.39 is 0 Å². The van der Waals surface area contributed by atoms with Gasteiger partial charge in [0.25, 0.3) is 0 Å². The molecule has 1 aromatic rings. The van der Waals surface area contributed by atoms with Gasteiger partial charge in [0, 0.05) is 17.8 Å². The van der Waals surface area contributed by atoms with E-state index in [1.165, 1.54) is 44.6 Å². The predicted molar refractivity (Wildman–Crippen MR) is 82.0 cm³/mol. The molecule has 1 saturated carbocycles. The maximum Gasteiger partial charge on any atom is 0.135 e. The van der Waals surface area contributed by atoms with Crippen LogP contribution < -0.4 is 11.1 Å². The van der Waals surface area contributed by atoms with Gasteiger partial charge in [0.1, 0.15) is 10.8 Å². The lowest BCUT2D eigenvalue weighted by atomic mass is 9.87. The molecule has 0 unspecified atom stereocenters. The molecular formula is C15H21FN2S. The lowest BCUT2D eigenvalue weighted by Gasteiger charge is -2.21. The Morgan fingerprint density at radius 3 is 2.68 bits per heavy atom. The van der Waals surface area contributed by atoms with E-state index in [4.69, 9.17) is 18.0 Å². The van der Waals surface area contributed by atoms with Gasteiger partial charge in [-0.2, -0.15) is 0 Å². The molecule has 0 aromatic heterocycles. The van der Waals surface area contributed by atoms with E-state index in [0.29, 0.717) is 5.56 Å². The highest BCUT2D eigenvalue weighted by molar-refractivity contribution is 7.80. The molecule has 2 rings (SSSR count). The fourth-order valence-electron chi connectivity index (χ4n) is 2.72. The Kier molecular flexibility index (Phi) is 5.14. The lowest BCUT2D eigenvalue weighted by Crippen LogP contribution is -2.13. The number of halogens is 1. The van der Waals surface area contributed by atoms with Crippen LogP contribution in [0.25, 0.3) is 0 Å². The highest BCUT2D eigenvalue weighted by Crippen LogP contribution is 2.26. The molecule has 0 radical (unpaired) electrons. The molecule has 0 heterocycles. The standard InChI is InChI=1S/C15H21FN2S/c16-14-10-12(6-7-13(14)15(17)19)18-9-8-11-4-2-1-3-5-11/h6-7,10-11,18H,1-5,8-9H2,(H2,17,19). The Balaban J connectivity index is 1.82. The van der Waals surface area contributed by atoms with Crippen LogP contribution in [-0.4, -0.2) is 11.5 Å². The van der Waals surface area contributed by atoms with Gasteiger partial charge in [0.05, 0.1) is 0 Å². The van der Waals surface area contributed by atoms with Gasteiger partial charge in [-0.25, -0.2) is 4.39 Å². The average Bonchev–Trinajstić information content (AvgIpc) is 2.39. The van der Waals surface area contributed by atoms with Crippen LogP contribution in [0.5, 0.6) is 0 Å². The fourth-order valence-corrected chi connectivity index (χ4v) is 2.89. The first-order valence-corrected chi connectivity index (χ1v) is 7.41. The van der Waals surface area contributed by atoms with Crippen molar-refractivity contribution in [3.05, 3.63) is 29.6 Å². The molecule has 1 aliphatic rings. The van der Waals surface area contributed by atoms with Gasteiger partial charge < -0.3 is 11.1 Å². The van der Waals surface area contributed by atoms with E-state index in [-0.39, 0.29) is 10.8 Å². The first kappa shape index (κ1) is 14.3. The second-order valence-electron chi connectivity index (χ2n) is 5.28. The minimum absolute atomic E-state index is 0.103. The fraction of sp³-hybridized carbons (Fsp3) is 0.533. The van der Waals surface area contributed by atoms with E-state index >= 15 is 0 Å². The average molecular weight is 280 g/mol. The summed E-state index contributed by atoms with van der Waals surface area (Å²) in [5.41, 5.74) is 6.55. The third-order valence-corrected chi connectivity index (χ3v) is 4.06. The molecule has 1 fully saturated rings. The molecule has 4 heteroatoms. The van der Waals surface area contributed by atoms with Gasteiger partial charge in [0.15, 0.2) is 0 Å². The Labute approximate surface area is 119 Å². The Hall–Kier alpha value is -1.16. The van der Waals surface area contributed by atoms with Crippen molar-refractivity contribution >= 4 is 22.9 Å². The van der Waals surface area contributed by atoms with E-state index in [1.807, 2.05) is 6.07 Å². The smallest absolute Gasteiger partial charge is 0.135 e. The van der Waals surface area contributed by atoms with Crippen LogP contribution in [0.3, 0.4) is 0 Å². The number of hydrogen-bond acceptors (Lipinski definition) is 2. The quantitative estimate of drug-likeness (QED) is 0.805. The molecule has 1 aliphatic carbocycles. The SMILES string of the molecule is NC(=S)c1ccc(NCCC2CCCCC2)cc1F. The van der Waals surface area contributed by atoms with E-state index in [9.17, 15) is 4.39 Å². The van der Waals surface area contributed by atoms with E-state index in [0.717, 1.165) is 18.2 Å². The summed E-state index contributed by atoms with van der Waals surface area (Å²) in [7, 11) is 0. The van der Waals surface area contributed by atoms with Gasteiger partial charge in [-0.1, -0.05) is 44.3 Å². The number of anilines is 1. The minimum Gasteiger partial charge on any atom is -0.389 e. The molecule has 0 spiro atoms. The van der Waals surface area contributed by atoms with Gasteiger partial charge >= 0.3 is 0 Å². The van der Waals surface area contributed by atoms with Crippen LogP contribution in [0.2, 0.25) is 0 Å². The number of thiocarbonyl (C=S) groups is 1. The molecule has 2 nitrogen and oxygen atoms in total. The number of rotatable bonds is 5. The lowest BCUT2D eigenvalue weighted by molar-refractivity contribution is 0.345. The highest BCUT2D eigenvalue weighted by Gasteiger charge is 2.12. The monoisotopic (exact) mass is 280 g/mol. The Bertz CT molecular complexity index is 442. The second-order valence-corrected chi connectivity index (χ2v) is 5.72. The zero-order valence-corrected chi connectivity index (χ0v) is 11.9. The maximum atomic E-state index is 13.7. The van der Waals surface area contributed by atoms with E-state index in [2.05, 4.69) is 5.32 Å². The van der Waals surface area contributed by atoms with Crippen molar-refractivity contribution in [2.75, 3.05) is 11.9 Å². The van der Waals surface area contributed by atoms with Crippen molar-refractivity contribution in [3.63, 3.8) is 0 Å². The second kappa shape index (κ2) is 6.85. The van der Waals surface area contributed by atoms with Crippen LogP contribution in [0.4, 0.5) is 10.1 Å². The van der Waals surface area contributed by atoms with Crippen molar-refractivity contribution in [1.82, 2.24) is 0 Å². The largest absolute Gasteiger partial charge is 0.389 e. The van der Waals surface area contributed by atoms with Crippen LogP contribution in [0.1, 0.15) is 44.1 Å². The molecule has 19 heavy (non-hydrogen) atoms. The maximum absolute atomic E-state index is 13.7. The van der Waals surface area contributed by atoms with E-state index in [1.54, 1.807) is 6.07 Å². The number of nitrogens with two attached hydrogens (primary N) is 1. The Morgan fingerprint density at radius 2 is 2.05 bits per heavy atom. The molecule has 0 amide bonds. The number of hydrogen-bond donors (Lipinski definition) is 2. The molecule has 0 atom stereocenters. The van der Waals surface area contributed by atoms with Gasteiger partial charge in [-0.15, -0.1) is 0 Å². The summed E-state index contributed by atoms with van der Waals surface area (Å²) in [6.07, 6.45) is 7.96. The normalized spacial score (nSPS) is 16.3. The topological polar surface area (TPSA) is 38.0 Å².